The Morgan fingerprint density at radius 1 is 0.943 bits per heavy atom. The predicted octanol–water partition coefficient (Wildman–Crippen LogP) is 6.12. The van der Waals surface area contributed by atoms with Gasteiger partial charge in [-0.1, -0.05) is 50.2 Å². The Kier molecular flexibility index (Phi) is 7.91. The van der Waals surface area contributed by atoms with E-state index in [1.807, 2.05) is 35.2 Å². The molecule has 6 heteroatoms. The van der Waals surface area contributed by atoms with Crippen molar-refractivity contribution in [3.63, 3.8) is 0 Å². The second-order valence-corrected chi connectivity index (χ2v) is 9.83. The second-order valence-electron chi connectivity index (χ2n) is 9.83. The summed E-state index contributed by atoms with van der Waals surface area (Å²) in [6, 6.07) is 19.8. The summed E-state index contributed by atoms with van der Waals surface area (Å²) in [4.78, 5) is 17.5. The van der Waals surface area contributed by atoms with Crippen LogP contribution in [0.5, 0.6) is 0 Å². The van der Waals surface area contributed by atoms with Gasteiger partial charge in [0.25, 0.3) is 5.91 Å². The topological polar surface area (TPSA) is 23.6 Å². The van der Waals surface area contributed by atoms with Gasteiger partial charge in [-0.2, -0.15) is 0 Å². The first-order valence-electron chi connectivity index (χ1n) is 12.1. The van der Waals surface area contributed by atoms with Crippen molar-refractivity contribution in [1.82, 2.24) is 9.80 Å². The third-order valence-corrected chi connectivity index (χ3v) is 6.55. The average Bonchev–Trinajstić information content (AvgIpc) is 3.23. The number of nitrogens with zero attached hydrogens (tertiary/aromatic N) is 2. The number of hydrogen-bond donors (Lipinski definition) is 0. The summed E-state index contributed by atoms with van der Waals surface area (Å²) in [5.41, 5.74) is 2.37. The molecule has 1 aliphatic heterocycles. The van der Waals surface area contributed by atoms with Gasteiger partial charge in [-0.25, -0.2) is 13.2 Å². The van der Waals surface area contributed by atoms with Crippen molar-refractivity contribution in [2.75, 3.05) is 26.2 Å². The van der Waals surface area contributed by atoms with Gasteiger partial charge in [0.05, 0.1) is 0 Å². The largest absolute Gasteiger partial charge is 0.338 e. The highest BCUT2D eigenvalue weighted by molar-refractivity contribution is 5.94. The van der Waals surface area contributed by atoms with Gasteiger partial charge in [0, 0.05) is 44.2 Å². The van der Waals surface area contributed by atoms with Crippen molar-refractivity contribution in [1.29, 1.82) is 0 Å². The van der Waals surface area contributed by atoms with Gasteiger partial charge >= 0.3 is 0 Å². The first-order chi connectivity index (χ1) is 16.8. The van der Waals surface area contributed by atoms with E-state index in [1.54, 1.807) is 18.2 Å². The fraction of sp³-hybridized carbons (Fsp3) is 0.345. The second kappa shape index (κ2) is 11.1. The summed E-state index contributed by atoms with van der Waals surface area (Å²) in [7, 11) is 0. The SMILES string of the molecule is CC(C)CN(C[C@H]1CN(Cc2ccc(F)c(F)c2)C[C@@H]1c1ccc(F)cc1)C(=O)c1ccccc1. The number of halogens is 3. The van der Waals surface area contributed by atoms with Crippen LogP contribution in [0.25, 0.3) is 0 Å². The van der Waals surface area contributed by atoms with E-state index < -0.39 is 11.6 Å². The lowest BCUT2D eigenvalue weighted by atomic mass is 9.88. The Labute approximate surface area is 205 Å². The van der Waals surface area contributed by atoms with Crippen molar-refractivity contribution >= 4 is 5.91 Å². The highest BCUT2D eigenvalue weighted by Crippen LogP contribution is 2.35. The van der Waals surface area contributed by atoms with Crippen molar-refractivity contribution in [2.45, 2.75) is 26.3 Å². The lowest BCUT2D eigenvalue weighted by Crippen LogP contribution is -2.39. The molecule has 0 aliphatic carbocycles. The maximum atomic E-state index is 13.8. The molecule has 1 amide bonds. The summed E-state index contributed by atoms with van der Waals surface area (Å²) in [5, 5.41) is 0. The predicted molar refractivity (Wildman–Crippen MR) is 131 cm³/mol. The van der Waals surface area contributed by atoms with Crippen molar-refractivity contribution < 1.29 is 18.0 Å². The summed E-state index contributed by atoms with van der Waals surface area (Å²) in [6.45, 7) is 7.22. The summed E-state index contributed by atoms with van der Waals surface area (Å²) in [5.74, 6) is -1.52. The molecule has 184 valence electrons. The van der Waals surface area contributed by atoms with Gasteiger partial charge in [0.1, 0.15) is 5.82 Å². The molecule has 2 atom stereocenters. The van der Waals surface area contributed by atoms with Gasteiger partial charge in [-0.05, 0) is 59.4 Å². The zero-order valence-electron chi connectivity index (χ0n) is 20.1. The van der Waals surface area contributed by atoms with Crippen LogP contribution in [-0.2, 0) is 6.54 Å². The number of rotatable bonds is 8. The standard InChI is InChI=1S/C29H31F3N2O/c1-20(2)15-34(29(35)23-6-4-3-5-7-23)18-24-17-33(16-21-8-13-27(31)28(32)14-21)19-26(24)22-9-11-25(30)12-10-22/h3-14,20,24,26H,15-19H2,1-2H3/t24-,26-/m1/s1. The number of benzene rings is 3. The molecule has 0 radical (unpaired) electrons. The molecule has 0 aromatic heterocycles. The van der Waals surface area contributed by atoms with Gasteiger partial charge < -0.3 is 4.90 Å². The van der Waals surface area contributed by atoms with Gasteiger partial charge in [-0.15, -0.1) is 0 Å². The smallest absolute Gasteiger partial charge is 0.253 e. The van der Waals surface area contributed by atoms with Crippen molar-refractivity contribution in [3.05, 3.63) is 107 Å². The van der Waals surface area contributed by atoms with E-state index >= 15 is 0 Å². The monoisotopic (exact) mass is 480 g/mol. The van der Waals surface area contributed by atoms with E-state index in [4.69, 9.17) is 0 Å². The Balaban J connectivity index is 1.58. The molecule has 0 spiro atoms. The van der Waals surface area contributed by atoms with Gasteiger partial charge in [-0.3, -0.25) is 9.69 Å². The molecule has 1 heterocycles. The van der Waals surface area contributed by atoms with Crippen LogP contribution in [0.15, 0.2) is 72.8 Å². The number of hydrogen-bond acceptors (Lipinski definition) is 2. The lowest BCUT2D eigenvalue weighted by molar-refractivity contribution is 0.0703. The maximum absolute atomic E-state index is 13.8. The molecule has 3 aromatic rings. The van der Waals surface area contributed by atoms with E-state index in [0.29, 0.717) is 49.8 Å². The van der Waals surface area contributed by atoms with Gasteiger partial charge in [0.2, 0.25) is 0 Å². The molecular formula is C29H31F3N2O. The Hall–Kier alpha value is -3.12. The van der Waals surface area contributed by atoms with E-state index in [9.17, 15) is 18.0 Å². The lowest BCUT2D eigenvalue weighted by Gasteiger charge is -2.30. The third kappa shape index (κ3) is 6.31. The highest BCUT2D eigenvalue weighted by atomic mass is 19.2. The number of carbonyl (C=O) groups excluding carboxylic acids is 1. The molecule has 0 N–H and O–H groups in total. The number of carbonyl (C=O) groups is 1. The van der Waals surface area contributed by atoms with Crippen LogP contribution in [0.3, 0.4) is 0 Å². The molecule has 0 unspecified atom stereocenters. The number of amides is 1. The zero-order chi connectivity index (χ0) is 24.9. The molecule has 3 aromatic carbocycles. The molecule has 3 nitrogen and oxygen atoms in total. The van der Waals surface area contributed by atoms with Crippen LogP contribution in [0, 0.1) is 29.3 Å². The summed E-state index contributed by atoms with van der Waals surface area (Å²) >= 11 is 0. The summed E-state index contributed by atoms with van der Waals surface area (Å²) < 4.78 is 40.8. The van der Waals surface area contributed by atoms with Crippen molar-refractivity contribution in [3.8, 4) is 0 Å². The number of likely N-dealkylation sites (tertiary alicyclic amines) is 1. The molecule has 0 saturated carbocycles. The highest BCUT2D eigenvalue weighted by Gasteiger charge is 2.36. The fourth-order valence-corrected chi connectivity index (χ4v) is 4.99. The molecule has 0 bridgehead atoms. The van der Waals surface area contributed by atoms with E-state index in [2.05, 4.69) is 18.7 Å². The molecule has 35 heavy (non-hydrogen) atoms. The van der Waals surface area contributed by atoms with Crippen LogP contribution in [0.4, 0.5) is 13.2 Å². The quantitative estimate of drug-likeness (QED) is 0.388. The van der Waals surface area contributed by atoms with Crippen LogP contribution in [-0.4, -0.2) is 41.9 Å². The third-order valence-electron chi connectivity index (χ3n) is 6.55. The van der Waals surface area contributed by atoms with E-state index in [1.165, 1.54) is 18.2 Å². The molecular weight excluding hydrogens is 449 g/mol. The van der Waals surface area contributed by atoms with Crippen molar-refractivity contribution in [2.24, 2.45) is 11.8 Å². The minimum atomic E-state index is -0.860. The normalized spacial score (nSPS) is 18.2. The van der Waals surface area contributed by atoms with Gasteiger partial charge in [0.15, 0.2) is 11.6 Å². The van der Waals surface area contributed by atoms with Crippen LogP contribution < -0.4 is 0 Å². The minimum Gasteiger partial charge on any atom is -0.338 e. The first kappa shape index (κ1) is 25.0. The average molecular weight is 481 g/mol. The van der Waals surface area contributed by atoms with E-state index in [0.717, 1.165) is 11.6 Å². The first-order valence-corrected chi connectivity index (χ1v) is 12.1. The fourth-order valence-electron chi connectivity index (χ4n) is 4.99. The Morgan fingerprint density at radius 2 is 1.66 bits per heavy atom. The van der Waals surface area contributed by atoms with Crippen LogP contribution >= 0.6 is 0 Å². The Morgan fingerprint density at radius 3 is 2.31 bits per heavy atom. The molecule has 4 rings (SSSR count). The molecule has 1 fully saturated rings. The minimum absolute atomic E-state index is 0.00351. The Bertz CT molecular complexity index is 1130. The zero-order valence-corrected chi connectivity index (χ0v) is 20.1. The van der Waals surface area contributed by atoms with Crippen LogP contribution in [0.1, 0.15) is 41.3 Å². The molecule has 1 saturated heterocycles. The molecule has 1 aliphatic rings. The van der Waals surface area contributed by atoms with E-state index in [-0.39, 0.29) is 23.6 Å². The maximum Gasteiger partial charge on any atom is 0.253 e. The summed E-state index contributed by atoms with van der Waals surface area (Å²) in [6.07, 6.45) is 0. The van der Waals surface area contributed by atoms with Crippen LogP contribution in [0.2, 0.25) is 0 Å².